The van der Waals surface area contributed by atoms with Crippen LogP contribution in [0.25, 0.3) is 0 Å². The van der Waals surface area contributed by atoms with Crippen molar-refractivity contribution >= 4 is 11.6 Å². The number of nitrogens with zero attached hydrogens (tertiary/aromatic N) is 1. The maximum atomic E-state index is 11.8. The molecule has 4 nitrogen and oxygen atoms in total. The Hall–Kier alpha value is -2.36. The van der Waals surface area contributed by atoms with Crippen molar-refractivity contribution in [3.05, 3.63) is 53.7 Å². The van der Waals surface area contributed by atoms with E-state index in [0.717, 1.165) is 12.8 Å². The lowest BCUT2D eigenvalue weighted by Gasteiger charge is -2.06. The lowest BCUT2D eigenvalue weighted by molar-refractivity contribution is -0.116. The standard InChI is InChI=1S/C17H20N2O2/c1-13-6-8-14(9-7-13)4-3-5-16(20)19-15-10-11-17(21-2)18-12-15/h6-12H,3-5H2,1-2H3,(H,19,20). The molecule has 1 aromatic carbocycles. The third-order valence-corrected chi connectivity index (χ3v) is 3.22. The van der Waals surface area contributed by atoms with Gasteiger partial charge in [-0.2, -0.15) is 0 Å². The minimum atomic E-state index is 0.00841. The van der Waals surface area contributed by atoms with Crippen LogP contribution in [0.2, 0.25) is 0 Å². The molecule has 4 heteroatoms. The fraction of sp³-hybridized carbons (Fsp3) is 0.294. The number of nitrogens with one attached hydrogen (secondary N) is 1. The van der Waals surface area contributed by atoms with Crippen LogP contribution in [-0.2, 0) is 11.2 Å². The summed E-state index contributed by atoms with van der Waals surface area (Å²) in [5, 5.41) is 2.83. The molecule has 21 heavy (non-hydrogen) atoms. The van der Waals surface area contributed by atoms with Gasteiger partial charge in [-0.05, 0) is 31.4 Å². The van der Waals surface area contributed by atoms with Crippen molar-refractivity contribution in [2.45, 2.75) is 26.2 Å². The van der Waals surface area contributed by atoms with Crippen LogP contribution in [-0.4, -0.2) is 18.0 Å². The molecule has 1 N–H and O–H groups in total. The number of aromatic nitrogens is 1. The van der Waals surface area contributed by atoms with Crippen LogP contribution >= 0.6 is 0 Å². The first-order chi connectivity index (χ1) is 10.2. The fourth-order valence-electron chi connectivity index (χ4n) is 2.01. The number of amides is 1. The zero-order valence-electron chi connectivity index (χ0n) is 12.4. The van der Waals surface area contributed by atoms with Crippen LogP contribution < -0.4 is 10.1 Å². The molecule has 0 spiro atoms. The third kappa shape index (κ3) is 4.91. The van der Waals surface area contributed by atoms with E-state index in [1.807, 2.05) is 0 Å². The molecule has 0 aliphatic rings. The zero-order chi connectivity index (χ0) is 15.1. The van der Waals surface area contributed by atoms with Crippen LogP contribution in [0.4, 0.5) is 5.69 Å². The highest BCUT2D eigenvalue weighted by Gasteiger charge is 2.03. The van der Waals surface area contributed by atoms with Gasteiger partial charge in [-0.15, -0.1) is 0 Å². The molecule has 0 aliphatic carbocycles. The summed E-state index contributed by atoms with van der Waals surface area (Å²) >= 11 is 0. The van der Waals surface area contributed by atoms with E-state index in [2.05, 4.69) is 41.5 Å². The number of hydrogen-bond acceptors (Lipinski definition) is 3. The molecule has 0 atom stereocenters. The Morgan fingerprint density at radius 1 is 1.19 bits per heavy atom. The molecular weight excluding hydrogens is 264 g/mol. The summed E-state index contributed by atoms with van der Waals surface area (Å²) in [6.07, 6.45) is 3.84. The molecule has 1 aromatic heterocycles. The highest BCUT2D eigenvalue weighted by molar-refractivity contribution is 5.90. The maximum Gasteiger partial charge on any atom is 0.224 e. The summed E-state index contributed by atoms with van der Waals surface area (Å²) in [6.45, 7) is 2.07. The number of benzene rings is 1. The summed E-state index contributed by atoms with van der Waals surface area (Å²) in [5.41, 5.74) is 3.21. The summed E-state index contributed by atoms with van der Waals surface area (Å²) < 4.78 is 4.97. The molecule has 0 unspecified atom stereocenters. The first-order valence-corrected chi connectivity index (χ1v) is 7.03. The molecule has 0 saturated heterocycles. The van der Waals surface area contributed by atoms with Gasteiger partial charge < -0.3 is 10.1 Å². The molecule has 1 amide bonds. The number of methoxy groups -OCH3 is 1. The van der Waals surface area contributed by atoms with Crippen molar-refractivity contribution in [3.8, 4) is 5.88 Å². The van der Waals surface area contributed by atoms with Crippen LogP contribution in [0.15, 0.2) is 42.6 Å². The predicted molar refractivity (Wildman–Crippen MR) is 83.5 cm³/mol. The van der Waals surface area contributed by atoms with Crippen molar-refractivity contribution in [3.63, 3.8) is 0 Å². The molecule has 2 aromatic rings. The molecule has 110 valence electrons. The quantitative estimate of drug-likeness (QED) is 0.885. The Kier molecular flexibility index (Phi) is 5.32. The molecule has 0 saturated carbocycles. The van der Waals surface area contributed by atoms with Crippen molar-refractivity contribution in [2.75, 3.05) is 12.4 Å². The van der Waals surface area contributed by atoms with E-state index in [0.29, 0.717) is 18.0 Å². The third-order valence-electron chi connectivity index (χ3n) is 3.22. The van der Waals surface area contributed by atoms with Gasteiger partial charge in [0.25, 0.3) is 0 Å². The van der Waals surface area contributed by atoms with Crippen molar-refractivity contribution in [1.82, 2.24) is 4.98 Å². The minimum absolute atomic E-state index is 0.00841. The lowest BCUT2D eigenvalue weighted by Crippen LogP contribution is -2.11. The molecule has 2 rings (SSSR count). The van der Waals surface area contributed by atoms with E-state index in [1.165, 1.54) is 11.1 Å². The largest absolute Gasteiger partial charge is 0.481 e. The van der Waals surface area contributed by atoms with Gasteiger partial charge in [0, 0.05) is 12.5 Å². The van der Waals surface area contributed by atoms with E-state index in [1.54, 1.807) is 25.4 Å². The topological polar surface area (TPSA) is 51.2 Å². The molecule has 0 radical (unpaired) electrons. The summed E-state index contributed by atoms with van der Waals surface area (Å²) in [4.78, 5) is 15.9. The smallest absolute Gasteiger partial charge is 0.224 e. The minimum Gasteiger partial charge on any atom is -0.481 e. The molecular formula is C17H20N2O2. The van der Waals surface area contributed by atoms with E-state index in [9.17, 15) is 4.79 Å². The first-order valence-electron chi connectivity index (χ1n) is 7.03. The Morgan fingerprint density at radius 3 is 2.57 bits per heavy atom. The fourth-order valence-corrected chi connectivity index (χ4v) is 2.01. The second-order valence-electron chi connectivity index (χ2n) is 4.98. The van der Waals surface area contributed by atoms with E-state index in [4.69, 9.17) is 4.74 Å². The maximum absolute atomic E-state index is 11.8. The number of carbonyl (C=O) groups excluding carboxylic acids is 1. The van der Waals surface area contributed by atoms with Crippen LogP contribution in [0, 0.1) is 6.92 Å². The van der Waals surface area contributed by atoms with Gasteiger partial charge in [-0.3, -0.25) is 4.79 Å². The second kappa shape index (κ2) is 7.43. The second-order valence-corrected chi connectivity index (χ2v) is 4.98. The van der Waals surface area contributed by atoms with E-state index in [-0.39, 0.29) is 5.91 Å². The van der Waals surface area contributed by atoms with Gasteiger partial charge in [0.1, 0.15) is 0 Å². The van der Waals surface area contributed by atoms with Gasteiger partial charge >= 0.3 is 0 Å². The number of carbonyl (C=O) groups is 1. The van der Waals surface area contributed by atoms with Gasteiger partial charge in [0.15, 0.2) is 0 Å². The average molecular weight is 284 g/mol. The SMILES string of the molecule is COc1ccc(NC(=O)CCCc2ccc(C)cc2)cn1. The molecule has 0 fully saturated rings. The highest BCUT2D eigenvalue weighted by atomic mass is 16.5. The number of hydrogen-bond donors (Lipinski definition) is 1. The van der Waals surface area contributed by atoms with Crippen molar-refractivity contribution in [1.29, 1.82) is 0 Å². The average Bonchev–Trinajstić information content (AvgIpc) is 2.50. The van der Waals surface area contributed by atoms with Crippen LogP contribution in [0.3, 0.4) is 0 Å². The van der Waals surface area contributed by atoms with Gasteiger partial charge in [0.05, 0.1) is 19.0 Å². The summed E-state index contributed by atoms with van der Waals surface area (Å²) in [5.74, 6) is 0.543. The van der Waals surface area contributed by atoms with E-state index >= 15 is 0 Å². The molecule has 0 aliphatic heterocycles. The monoisotopic (exact) mass is 284 g/mol. The number of rotatable bonds is 6. The Labute approximate surface area is 125 Å². The lowest BCUT2D eigenvalue weighted by atomic mass is 10.1. The highest BCUT2D eigenvalue weighted by Crippen LogP contribution is 2.12. The summed E-state index contributed by atoms with van der Waals surface area (Å²) in [6, 6.07) is 11.9. The summed E-state index contributed by atoms with van der Waals surface area (Å²) in [7, 11) is 1.56. The van der Waals surface area contributed by atoms with Gasteiger partial charge in [-0.25, -0.2) is 4.98 Å². The van der Waals surface area contributed by atoms with Crippen molar-refractivity contribution < 1.29 is 9.53 Å². The molecule has 1 heterocycles. The normalized spacial score (nSPS) is 10.2. The Balaban J connectivity index is 1.75. The zero-order valence-corrected chi connectivity index (χ0v) is 12.4. The Morgan fingerprint density at radius 2 is 1.95 bits per heavy atom. The molecule has 0 bridgehead atoms. The van der Waals surface area contributed by atoms with Gasteiger partial charge in [-0.1, -0.05) is 29.8 Å². The number of pyridine rings is 1. The predicted octanol–water partition coefficient (Wildman–Crippen LogP) is 3.36. The van der Waals surface area contributed by atoms with E-state index < -0.39 is 0 Å². The number of aryl methyl sites for hydroxylation is 2. The van der Waals surface area contributed by atoms with Gasteiger partial charge in [0.2, 0.25) is 11.8 Å². The number of anilines is 1. The van der Waals surface area contributed by atoms with Crippen molar-refractivity contribution in [2.24, 2.45) is 0 Å². The Bertz CT molecular complexity index is 577. The van der Waals surface area contributed by atoms with Crippen LogP contribution in [0.1, 0.15) is 24.0 Å². The first kappa shape index (κ1) is 15.0. The number of ether oxygens (including phenoxy) is 1. The van der Waals surface area contributed by atoms with Crippen LogP contribution in [0.5, 0.6) is 5.88 Å².